The molecule has 2 aliphatic heterocycles. The third-order valence-electron chi connectivity index (χ3n) is 5.62. The van der Waals surface area contributed by atoms with Gasteiger partial charge in [0, 0.05) is 52.4 Å². The standard InChI is InChI=1S/C21H34N4O2/c1-27-13-12-24-11-9-20(17-24)23-21(26)22-14-19-8-5-10-25(16-19)15-18-6-3-2-4-7-18/h2-4,6-7,19-20H,5,8-17H2,1H3,(H2,22,23,26). The van der Waals surface area contributed by atoms with Gasteiger partial charge in [0.15, 0.2) is 0 Å². The first-order chi connectivity index (χ1) is 13.2. The highest BCUT2D eigenvalue weighted by Crippen LogP contribution is 2.18. The molecule has 0 radical (unpaired) electrons. The average Bonchev–Trinajstić information content (AvgIpc) is 3.13. The topological polar surface area (TPSA) is 56.8 Å². The quantitative estimate of drug-likeness (QED) is 0.730. The Hall–Kier alpha value is -1.63. The number of piperidine rings is 1. The van der Waals surface area contributed by atoms with Crippen LogP contribution in [0.15, 0.2) is 30.3 Å². The second-order valence-corrected chi connectivity index (χ2v) is 7.86. The second-order valence-electron chi connectivity index (χ2n) is 7.86. The summed E-state index contributed by atoms with van der Waals surface area (Å²) in [6.07, 6.45) is 3.42. The summed E-state index contributed by atoms with van der Waals surface area (Å²) < 4.78 is 5.13. The normalized spacial score (nSPS) is 24.0. The van der Waals surface area contributed by atoms with Crippen molar-refractivity contribution in [1.82, 2.24) is 20.4 Å². The molecule has 2 saturated heterocycles. The highest BCUT2D eigenvalue weighted by Gasteiger charge is 2.24. The van der Waals surface area contributed by atoms with Gasteiger partial charge in [0.1, 0.15) is 0 Å². The molecule has 2 fully saturated rings. The van der Waals surface area contributed by atoms with Gasteiger partial charge in [-0.1, -0.05) is 30.3 Å². The summed E-state index contributed by atoms with van der Waals surface area (Å²) in [6, 6.07) is 10.9. The first kappa shape index (κ1) is 20.1. The van der Waals surface area contributed by atoms with Gasteiger partial charge < -0.3 is 15.4 Å². The molecule has 2 atom stereocenters. The number of carbonyl (C=O) groups is 1. The maximum atomic E-state index is 12.3. The van der Waals surface area contributed by atoms with Crippen molar-refractivity contribution in [2.24, 2.45) is 5.92 Å². The molecule has 2 amide bonds. The first-order valence-corrected chi connectivity index (χ1v) is 10.2. The summed E-state index contributed by atoms with van der Waals surface area (Å²) >= 11 is 0. The van der Waals surface area contributed by atoms with Gasteiger partial charge in [-0.15, -0.1) is 0 Å². The Balaban J connectivity index is 1.34. The lowest BCUT2D eigenvalue weighted by Gasteiger charge is -2.33. The highest BCUT2D eigenvalue weighted by molar-refractivity contribution is 5.74. The molecule has 1 aromatic carbocycles. The van der Waals surface area contributed by atoms with Gasteiger partial charge >= 0.3 is 6.03 Å². The maximum Gasteiger partial charge on any atom is 0.315 e. The van der Waals surface area contributed by atoms with Crippen LogP contribution < -0.4 is 10.6 Å². The number of benzene rings is 1. The minimum atomic E-state index is -0.0197. The van der Waals surface area contributed by atoms with E-state index in [2.05, 4.69) is 50.8 Å². The Bertz CT molecular complexity index is 569. The summed E-state index contributed by atoms with van der Waals surface area (Å²) in [5, 5.41) is 6.23. The number of nitrogens with one attached hydrogen (secondary N) is 2. The first-order valence-electron chi connectivity index (χ1n) is 10.2. The molecule has 3 rings (SSSR count). The highest BCUT2D eigenvalue weighted by atomic mass is 16.5. The van der Waals surface area contributed by atoms with Crippen molar-refractivity contribution in [1.29, 1.82) is 0 Å². The molecular weight excluding hydrogens is 340 g/mol. The molecule has 150 valence electrons. The number of methoxy groups -OCH3 is 1. The van der Waals surface area contributed by atoms with Crippen molar-refractivity contribution in [2.75, 3.05) is 53.0 Å². The van der Waals surface area contributed by atoms with Gasteiger partial charge in [0.05, 0.1) is 6.61 Å². The molecule has 0 saturated carbocycles. The summed E-state index contributed by atoms with van der Waals surface area (Å²) in [7, 11) is 1.73. The van der Waals surface area contributed by atoms with E-state index in [1.165, 1.54) is 18.4 Å². The Morgan fingerprint density at radius 2 is 2.00 bits per heavy atom. The lowest BCUT2D eigenvalue weighted by atomic mass is 9.97. The zero-order valence-electron chi connectivity index (χ0n) is 16.5. The van der Waals surface area contributed by atoms with Gasteiger partial charge in [-0.05, 0) is 37.3 Å². The summed E-state index contributed by atoms with van der Waals surface area (Å²) in [4.78, 5) is 17.1. The Kier molecular flexibility index (Phi) is 7.93. The van der Waals surface area contributed by atoms with E-state index in [-0.39, 0.29) is 12.1 Å². The Morgan fingerprint density at radius 3 is 2.81 bits per heavy atom. The van der Waals surface area contributed by atoms with Crippen LogP contribution in [0.5, 0.6) is 0 Å². The van der Waals surface area contributed by atoms with E-state index < -0.39 is 0 Å². The monoisotopic (exact) mass is 374 g/mol. The molecule has 2 aliphatic rings. The predicted molar refractivity (Wildman–Crippen MR) is 108 cm³/mol. The molecule has 2 heterocycles. The summed E-state index contributed by atoms with van der Waals surface area (Å²) in [5.41, 5.74) is 1.36. The zero-order chi connectivity index (χ0) is 18.9. The number of ether oxygens (including phenoxy) is 1. The second kappa shape index (κ2) is 10.6. The number of likely N-dealkylation sites (tertiary alicyclic amines) is 2. The maximum absolute atomic E-state index is 12.3. The molecule has 0 aromatic heterocycles. The van der Waals surface area contributed by atoms with Crippen LogP contribution in [0.3, 0.4) is 0 Å². The number of nitrogens with zero attached hydrogens (tertiary/aromatic N) is 2. The van der Waals surface area contributed by atoms with Crippen molar-refractivity contribution in [3.63, 3.8) is 0 Å². The van der Waals surface area contributed by atoms with E-state index in [0.29, 0.717) is 5.92 Å². The Labute approximate surface area is 163 Å². The average molecular weight is 375 g/mol. The van der Waals surface area contributed by atoms with Gasteiger partial charge in [0.25, 0.3) is 0 Å². The summed E-state index contributed by atoms with van der Waals surface area (Å²) in [6.45, 7) is 7.62. The molecule has 6 heteroatoms. The van der Waals surface area contributed by atoms with E-state index in [1.54, 1.807) is 7.11 Å². The van der Waals surface area contributed by atoms with Crippen LogP contribution in [0.2, 0.25) is 0 Å². The van der Waals surface area contributed by atoms with Crippen LogP contribution in [0.4, 0.5) is 4.79 Å². The van der Waals surface area contributed by atoms with Gasteiger partial charge in [-0.3, -0.25) is 9.80 Å². The Morgan fingerprint density at radius 1 is 1.15 bits per heavy atom. The number of hydrogen-bond donors (Lipinski definition) is 2. The van der Waals surface area contributed by atoms with Crippen LogP contribution >= 0.6 is 0 Å². The van der Waals surface area contributed by atoms with Crippen molar-refractivity contribution >= 4 is 6.03 Å². The van der Waals surface area contributed by atoms with Gasteiger partial charge in [0.2, 0.25) is 0 Å². The fraction of sp³-hybridized carbons (Fsp3) is 0.667. The van der Waals surface area contributed by atoms with Crippen LogP contribution in [0.25, 0.3) is 0 Å². The van der Waals surface area contributed by atoms with Crippen LogP contribution in [-0.2, 0) is 11.3 Å². The summed E-state index contributed by atoms with van der Waals surface area (Å²) in [5.74, 6) is 0.537. The zero-order valence-corrected chi connectivity index (χ0v) is 16.5. The van der Waals surface area contributed by atoms with Crippen LogP contribution in [-0.4, -0.2) is 74.9 Å². The van der Waals surface area contributed by atoms with Gasteiger partial charge in [-0.2, -0.15) is 0 Å². The SMILES string of the molecule is COCCN1CCC(NC(=O)NCC2CCCN(Cc3ccccc3)C2)C1. The number of carbonyl (C=O) groups excluding carboxylic acids is 1. The molecule has 2 unspecified atom stereocenters. The fourth-order valence-electron chi connectivity index (χ4n) is 4.15. The third-order valence-corrected chi connectivity index (χ3v) is 5.62. The predicted octanol–water partition coefficient (Wildman–Crippen LogP) is 1.92. The third kappa shape index (κ3) is 6.79. The van der Waals surface area contributed by atoms with Crippen LogP contribution in [0, 0.1) is 5.92 Å². The largest absolute Gasteiger partial charge is 0.383 e. The minimum Gasteiger partial charge on any atom is -0.383 e. The number of urea groups is 1. The number of amides is 2. The lowest BCUT2D eigenvalue weighted by molar-refractivity contribution is 0.159. The molecule has 0 bridgehead atoms. The number of rotatable bonds is 8. The molecule has 6 nitrogen and oxygen atoms in total. The van der Waals surface area contributed by atoms with Crippen molar-refractivity contribution in [3.8, 4) is 0 Å². The van der Waals surface area contributed by atoms with Crippen molar-refractivity contribution in [2.45, 2.75) is 31.8 Å². The molecule has 0 aliphatic carbocycles. The number of hydrogen-bond acceptors (Lipinski definition) is 4. The molecule has 2 N–H and O–H groups in total. The van der Waals surface area contributed by atoms with E-state index in [1.807, 2.05) is 0 Å². The molecule has 0 spiro atoms. The van der Waals surface area contributed by atoms with Crippen LogP contribution in [0.1, 0.15) is 24.8 Å². The van der Waals surface area contributed by atoms with Crippen molar-refractivity contribution < 1.29 is 9.53 Å². The van der Waals surface area contributed by atoms with E-state index in [4.69, 9.17) is 4.74 Å². The fourth-order valence-corrected chi connectivity index (χ4v) is 4.15. The van der Waals surface area contributed by atoms with E-state index in [9.17, 15) is 4.79 Å². The smallest absolute Gasteiger partial charge is 0.315 e. The molecule has 27 heavy (non-hydrogen) atoms. The molecule has 1 aromatic rings. The van der Waals surface area contributed by atoms with Gasteiger partial charge in [-0.25, -0.2) is 4.79 Å². The van der Waals surface area contributed by atoms with E-state index >= 15 is 0 Å². The van der Waals surface area contributed by atoms with E-state index in [0.717, 1.165) is 58.8 Å². The van der Waals surface area contributed by atoms with Crippen molar-refractivity contribution in [3.05, 3.63) is 35.9 Å². The lowest BCUT2D eigenvalue weighted by Crippen LogP contribution is -2.47. The molecular formula is C21H34N4O2. The minimum absolute atomic E-state index is 0.0197.